The van der Waals surface area contributed by atoms with E-state index in [1.807, 2.05) is 26.8 Å². The van der Waals surface area contributed by atoms with Crippen molar-refractivity contribution in [3.05, 3.63) is 47.5 Å². The Bertz CT molecular complexity index is 949. The number of nitrogens with zero attached hydrogens (tertiary/aromatic N) is 4. The number of fused-ring (bicyclic) bond motifs is 3. The molecule has 31 heavy (non-hydrogen) atoms. The first-order chi connectivity index (χ1) is 14.8. The van der Waals surface area contributed by atoms with Gasteiger partial charge in [-0.25, -0.2) is 9.18 Å². The number of carbonyl (C=O) groups is 1. The van der Waals surface area contributed by atoms with Crippen molar-refractivity contribution in [1.82, 2.24) is 14.9 Å². The van der Waals surface area contributed by atoms with Crippen molar-refractivity contribution in [2.45, 2.75) is 45.6 Å². The van der Waals surface area contributed by atoms with E-state index >= 15 is 0 Å². The van der Waals surface area contributed by atoms with Crippen LogP contribution in [0, 0.1) is 5.82 Å². The molecule has 166 valence electrons. The molecule has 1 amide bonds. The van der Waals surface area contributed by atoms with Gasteiger partial charge in [0.2, 0.25) is 5.88 Å². The molecule has 0 N–H and O–H groups in total. The third kappa shape index (κ3) is 5.04. The van der Waals surface area contributed by atoms with Crippen molar-refractivity contribution in [3.8, 4) is 5.88 Å². The third-order valence-electron chi connectivity index (χ3n) is 5.14. The van der Waals surface area contributed by atoms with E-state index in [1.165, 1.54) is 6.20 Å². The molecular formula is C22H27FN4O4. The molecule has 2 aliphatic rings. The van der Waals surface area contributed by atoms with Gasteiger partial charge in [0.05, 0.1) is 25.5 Å². The Morgan fingerprint density at radius 3 is 2.90 bits per heavy atom. The number of carbonyl (C=O) groups excluding carboxylic acids is 1. The van der Waals surface area contributed by atoms with E-state index in [0.29, 0.717) is 44.3 Å². The summed E-state index contributed by atoms with van der Waals surface area (Å²) in [5.41, 5.74) is 0.831. The molecule has 0 aliphatic carbocycles. The topological polar surface area (TPSA) is 77.0 Å². The molecule has 4 heterocycles. The van der Waals surface area contributed by atoms with Crippen LogP contribution in [0.4, 0.5) is 15.0 Å². The fourth-order valence-electron chi connectivity index (χ4n) is 3.65. The Kier molecular flexibility index (Phi) is 5.95. The minimum Gasteiger partial charge on any atom is -0.473 e. The summed E-state index contributed by atoms with van der Waals surface area (Å²) in [6.45, 7) is 8.17. The van der Waals surface area contributed by atoms with Gasteiger partial charge in [-0.15, -0.1) is 0 Å². The average Bonchev–Trinajstić information content (AvgIpc) is 2.90. The lowest BCUT2D eigenvalue weighted by Gasteiger charge is -2.41. The highest BCUT2D eigenvalue weighted by atomic mass is 19.1. The van der Waals surface area contributed by atoms with Gasteiger partial charge < -0.3 is 24.0 Å². The van der Waals surface area contributed by atoms with Crippen LogP contribution >= 0.6 is 0 Å². The number of rotatable bonds is 3. The van der Waals surface area contributed by atoms with Crippen LogP contribution in [0.3, 0.4) is 0 Å². The van der Waals surface area contributed by atoms with E-state index in [-0.39, 0.29) is 18.7 Å². The zero-order valence-corrected chi connectivity index (χ0v) is 18.0. The third-order valence-corrected chi connectivity index (χ3v) is 5.14. The number of anilines is 1. The van der Waals surface area contributed by atoms with Gasteiger partial charge in [-0.1, -0.05) is 0 Å². The van der Waals surface area contributed by atoms with Crippen LogP contribution in [0.2, 0.25) is 0 Å². The molecule has 9 heteroatoms. The Morgan fingerprint density at radius 2 is 2.13 bits per heavy atom. The molecule has 0 saturated carbocycles. The van der Waals surface area contributed by atoms with E-state index in [4.69, 9.17) is 14.2 Å². The number of ether oxygens (including phenoxy) is 3. The van der Waals surface area contributed by atoms with Gasteiger partial charge in [0.15, 0.2) is 0 Å². The monoisotopic (exact) mass is 430 g/mol. The van der Waals surface area contributed by atoms with E-state index in [2.05, 4.69) is 14.9 Å². The van der Waals surface area contributed by atoms with E-state index in [0.717, 1.165) is 17.6 Å². The van der Waals surface area contributed by atoms with Gasteiger partial charge in [0.25, 0.3) is 0 Å². The lowest BCUT2D eigenvalue weighted by Crippen LogP contribution is -2.57. The molecule has 2 aliphatic heterocycles. The van der Waals surface area contributed by atoms with Crippen LogP contribution in [0.15, 0.2) is 30.6 Å². The van der Waals surface area contributed by atoms with E-state index in [1.54, 1.807) is 17.0 Å². The molecule has 0 unspecified atom stereocenters. The van der Waals surface area contributed by atoms with Crippen LogP contribution in [0.5, 0.6) is 5.88 Å². The number of amides is 1. The lowest BCUT2D eigenvalue weighted by atomic mass is 10.1. The van der Waals surface area contributed by atoms with Crippen molar-refractivity contribution >= 4 is 11.9 Å². The van der Waals surface area contributed by atoms with Gasteiger partial charge >= 0.3 is 6.09 Å². The summed E-state index contributed by atoms with van der Waals surface area (Å²) in [6.07, 6.45) is 2.37. The molecule has 0 spiro atoms. The molecule has 0 radical (unpaired) electrons. The second kappa shape index (κ2) is 8.66. The smallest absolute Gasteiger partial charge is 0.410 e. The number of hydrogen-bond acceptors (Lipinski definition) is 7. The van der Waals surface area contributed by atoms with Gasteiger partial charge in [-0.2, -0.15) is 4.98 Å². The quantitative estimate of drug-likeness (QED) is 0.740. The summed E-state index contributed by atoms with van der Waals surface area (Å²) < 4.78 is 30.9. The summed E-state index contributed by atoms with van der Waals surface area (Å²) in [6, 6.07) is 5.23. The summed E-state index contributed by atoms with van der Waals surface area (Å²) in [4.78, 5) is 24.8. The molecule has 0 aromatic carbocycles. The number of aromatic nitrogens is 2. The lowest BCUT2D eigenvalue weighted by molar-refractivity contribution is 0.0172. The highest BCUT2D eigenvalue weighted by Crippen LogP contribution is 2.30. The summed E-state index contributed by atoms with van der Waals surface area (Å²) in [5, 5.41) is 0. The highest BCUT2D eigenvalue weighted by Gasteiger charge is 2.35. The zero-order chi connectivity index (χ0) is 22.0. The number of hydrogen-bond donors (Lipinski definition) is 0. The van der Waals surface area contributed by atoms with Crippen LogP contribution in [0.1, 0.15) is 31.9 Å². The maximum absolute atomic E-state index is 13.8. The van der Waals surface area contributed by atoms with Crippen molar-refractivity contribution in [2.24, 2.45) is 0 Å². The summed E-state index contributed by atoms with van der Waals surface area (Å²) >= 11 is 0. The molecule has 1 atom stereocenters. The number of pyridine rings is 2. The molecule has 2 aromatic rings. The predicted octanol–water partition coefficient (Wildman–Crippen LogP) is 3.15. The second-order valence-electron chi connectivity index (χ2n) is 8.68. The normalized spacial score (nSPS) is 18.6. The van der Waals surface area contributed by atoms with Gasteiger partial charge in [0.1, 0.15) is 23.8 Å². The van der Waals surface area contributed by atoms with Gasteiger partial charge in [-0.05, 0) is 32.9 Å². The molecule has 1 fully saturated rings. The number of halogens is 1. The van der Waals surface area contributed by atoms with Gasteiger partial charge in [0, 0.05) is 43.0 Å². The molecule has 2 aromatic heterocycles. The summed E-state index contributed by atoms with van der Waals surface area (Å²) in [5.74, 6) is 0.771. The fraction of sp³-hybridized carbons (Fsp3) is 0.500. The Morgan fingerprint density at radius 1 is 1.29 bits per heavy atom. The Hall–Kier alpha value is -2.94. The van der Waals surface area contributed by atoms with Crippen LogP contribution in [0.25, 0.3) is 0 Å². The van der Waals surface area contributed by atoms with Crippen LogP contribution in [-0.2, 0) is 22.7 Å². The molecule has 4 rings (SSSR count). The minimum absolute atomic E-state index is 0.0390. The van der Waals surface area contributed by atoms with Crippen molar-refractivity contribution in [3.63, 3.8) is 0 Å². The molecular weight excluding hydrogens is 403 g/mol. The van der Waals surface area contributed by atoms with Crippen molar-refractivity contribution in [2.75, 3.05) is 31.1 Å². The van der Waals surface area contributed by atoms with Crippen molar-refractivity contribution in [1.29, 1.82) is 0 Å². The van der Waals surface area contributed by atoms with Gasteiger partial charge in [-0.3, -0.25) is 4.98 Å². The van der Waals surface area contributed by atoms with Crippen LogP contribution < -0.4 is 9.64 Å². The maximum atomic E-state index is 13.8. The SMILES string of the molecule is CC(C)(C)OC(=O)N1CCN2c3nc(OCc4ccncc4F)ccc3COC[C@H]2C1. The second-order valence-corrected chi connectivity index (χ2v) is 8.68. The molecule has 0 bridgehead atoms. The van der Waals surface area contributed by atoms with E-state index < -0.39 is 11.4 Å². The maximum Gasteiger partial charge on any atom is 0.410 e. The minimum atomic E-state index is -0.539. The standard InChI is InChI=1S/C22H27FN4O4/c1-22(2,3)31-21(28)26-8-9-27-17(11-26)14-29-12-16-4-5-19(25-20(16)27)30-13-15-6-7-24-10-18(15)23/h4-7,10,17H,8-9,11-14H2,1-3H3/t17-/m1/s1. The highest BCUT2D eigenvalue weighted by molar-refractivity contribution is 5.69. The molecule has 8 nitrogen and oxygen atoms in total. The summed E-state index contributed by atoms with van der Waals surface area (Å²) in [7, 11) is 0. The molecule has 1 saturated heterocycles. The van der Waals surface area contributed by atoms with E-state index in [9.17, 15) is 9.18 Å². The first kappa shape index (κ1) is 21.3. The Labute approximate surface area is 180 Å². The Balaban J connectivity index is 1.48. The zero-order valence-electron chi connectivity index (χ0n) is 18.0. The van der Waals surface area contributed by atoms with Crippen LogP contribution in [-0.4, -0.2) is 58.8 Å². The fourth-order valence-corrected chi connectivity index (χ4v) is 3.65. The number of piperazine rings is 1. The largest absolute Gasteiger partial charge is 0.473 e. The first-order valence-electron chi connectivity index (χ1n) is 10.3. The average molecular weight is 430 g/mol. The predicted molar refractivity (Wildman–Crippen MR) is 111 cm³/mol. The van der Waals surface area contributed by atoms with Crippen molar-refractivity contribution < 1.29 is 23.4 Å². The first-order valence-corrected chi connectivity index (χ1v) is 10.3.